The van der Waals surface area contributed by atoms with Gasteiger partial charge >= 0.3 is 6.03 Å². The van der Waals surface area contributed by atoms with Crippen molar-refractivity contribution < 1.29 is 19.0 Å². The first kappa shape index (κ1) is 22.8. The quantitative estimate of drug-likeness (QED) is 0.613. The van der Waals surface area contributed by atoms with Crippen LogP contribution in [-0.4, -0.2) is 70.2 Å². The number of aryl methyl sites for hydroxylation is 1. The Kier molecular flexibility index (Phi) is 5.64. The second-order valence-corrected chi connectivity index (χ2v) is 8.83. The third kappa shape index (κ3) is 3.77. The average Bonchev–Trinajstić information content (AvgIpc) is 3.47. The molecule has 3 heterocycles. The summed E-state index contributed by atoms with van der Waals surface area (Å²) in [6.07, 6.45) is 5.63. The topological polar surface area (TPSA) is 83.2 Å². The Balaban J connectivity index is 1.54. The SMILES string of the molecule is COc1cc(C=C2CN(C)C(=O)N3C2=NCC3(CO)c2ccc(F)cc2)ccc1-n1cnc(C)c1. The number of hydrogen-bond donors (Lipinski definition) is 1. The van der Waals surface area contributed by atoms with E-state index in [0.717, 1.165) is 22.5 Å². The molecule has 1 N–H and O–H groups in total. The Labute approximate surface area is 202 Å². The van der Waals surface area contributed by atoms with Gasteiger partial charge in [-0.15, -0.1) is 0 Å². The Bertz CT molecular complexity index is 1350. The number of amides is 2. The van der Waals surface area contributed by atoms with E-state index in [4.69, 9.17) is 4.74 Å². The molecule has 1 fully saturated rings. The van der Waals surface area contributed by atoms with Crippen molar-refractivity contribution in [1.82, 2.24) is 19.4 Å². The van der Waals surface area contributed by atoms with Crippen LogP contribution in [0.25, 0.3) is 11.8 Å². The van der Waals surface area contributed by atoms with E-state index in [0.29, 0.717) is 23.7 Å². The molecule has 5 rings (SSSR count). The Morgan fingerprint density at radius 3 is 2.66 bits per heavy atom. The number of methoxy groups -OCH3 is 1. The molecule has 2 aromatic carbocycles. The van der Waals surface area contributed by atoms with E-state index in [1.807, 2.05) is 42.0 Å². The Morgan fingerprint density at radius 1 is 1.23 bits per heavy atom. The molecule has 2 aliphatic rings. The highest BCUT2D eigenvalue weighted by Crippen LogP contribution is 2.39. The van der Waals surface area contributed by atoms with E-state index in [1.165, 1.54) is 17.0 Å². The molecule has 1 atom stereocenters. The monoisotopic (exact) mass is 475 g/mol. The summed E-state index contributed by atoms with van der Waals surface area (Å²) in [6.45, 7) is 2.13. The van der Waals surface area contributed by atoms with E-state index in [-0.39, 0.29) is 25.0 Å². The number of fused-ring (bicyclic) bond motifs is 1. The van der Waals surface area contributed by atoms with Crippen LogP contribution in [0, 0.1) is 12.7 Å². The van der Waals surface area contributed by atoms with E-state index in [2.05, 4.69) is 9.98 Å². The minimum Gasteiger partial charge on any atom is -0.495 e. The van der Waals surface area contributed by atoms with Crippen molar-refractivity contribution >= 4 is 17.9 Å². The number of urea groups is 1. The standard InChI is InChI=1S/C26H26FN5O3/c1-17-12-31(16-29-17)22-9-4-18(11-23(22)35-3)10-19-13-30(2)25(34)32-24(19)28-14-26(32,15-33)20-5-7-21(27)8-6-20/h4-12,16,33H,13-15H2,1-3H3. The lowest BCUT2D eigenvalue weighted by Crippen LogP contribution is -2.59. The van der Waals surface area contributed by atoms with Crippen molar-refractivity contribution in [3.8, 4) is 11.4 Å². The largest absolute Gasteiger partial charge is 0.495 e. The van der Waals surface area contributed by atoms with Crippen LogP contribution in [0.15, 0.2) is 65.6 Å². The molecular formula is C26H26FN5O3. The van der Waals surface area contributed by atoms with E-state index >= 15 is 0 Å². The van der Waals surface area contributed by atoms with Gasteiger partial charge in [0.25, 0.3) is 0 Å². The molecule has 1 aromatic heterocycles. The van der Waals surface area contributed by atoms with Gasteiger partial charge in [-0.05, 0) is 48.4 Å². The van der Waals surface area contributed by atoms with Gasteiger partial charge in [0.05, 0.1) is 44.5 Å². The van der Waals surface area contributed by atoms with Crippen LogP contribution in [0.5, 0.6) is 5.75 Å². The lowest BCUT2D eigenvalue weighted by molar-refractivity contribution is 0.0948. The summed E-state index contributed by atoms with van der Waals surface area (Å²) < 4.78 is 21.1. The number of rotatable bonds is 5. The maximum atomic E-state index is 13.6. The van der Waals surface area contributed by atoms with Gasteiger partial charge in [-0.2, -0.15) is 0 Å². The fraction of sp³-hybridized carbons (Fsp3) is 0.269. The van der Waals surface area contributed by atoms with Gasteiger partial charge in [-0.25, -0.2) is 14.2 Å². The summed E-state index contributed by atoms with van der Waals surface area (Å²) in [5.41, 5.74) is 3.02. The van der Waals surface area contributed by atoms with Crippen molar-refractivity contribution in [3.63, 3.8) is 0 Å². The van der Waals surface area contributed by atoms with Crippen molar-refractivity contribution in [1.29, 1.82) is 0 Å². The first-order valence-corrected chi connectivity index (χ1v) is 11.2. The number of halogens is 1. The van der Waals surface area contributed by atoms with Crippen molar-refractivity contribution in [2.75, 3.05) is 33.9 Å². The number of aliphatic hydroxyl groups is 1. The van der Waals surface area contributed by atoms with E-state index in [1.54, 1.807) is 37.5 Å². The lowest BCUT2D eigenvalue weighted by atomic mass is 9.89. The van der Waals surface area contributed by atoms with Crippen molar-refractivity contribution in [3.05, 3.63) is 83.2 Å². The summed E-state index contributed by atoms with van der Waals surface area (Å²) in [6, 6.07) is 11.4. The molecular weight excluding hydrogens is 449 g/mol. The van der Waals surface area contributed by atoms with Crippen LogP contribution < -0.4 is 4.74 Å². The highest BCUT2D eigenvalue weighted by atomic mass is 19.1. The van der Waals surface area contributed by atoms with Crippen molar-refractivity contribution in [2.24, 2.45) is 4.99 Å². The van der Waals surface area contributed by atoms with Crippen LogP contribution in [0.1, 0.15) is 16.8 Å². The maximum Gasteiger partial charge on any atom is 0.326 e. The summed E-state index contributed by atoms with van der Waals surface area (Å²) in [5.74, 6) is 0.810. The predicted octanol–water partition coefficient (Wildman–Crippen LogP) is 3.38. The normalized spacial score (nSPS) is 20.9. The first-order valence-electron chi connectivity index (χ1n) is 11.2. The number of likely N-dealkylation sites (N-methyl/N-ethyl adjacent to an activating group) is 1. The zero-order valence-corrected chi connectivity index (χ0v) is 19.8. The zero-order valence-electron chi connectivity index (χ0n) is 19.8. The van der Waals surface area contributed by atoms with Gasteiger partial charge in [0, 0.05) is 18.8 Å². The number of aliphatic hydroxyl groups excluding tert-OH is 1. The predicted molar refractivity (Wildman–Crippen MR) is 130 cm³/mol. The smallest absolute Gasteiger partial charge is 0.326 e. The van der Waals surface area contributed by atoms with Gasteiger partial charge < -0.3 is 19.3 Å². The molecule has 2 amide bonds. The number of carbonyl (C=O) groups is 1. The second-order valence-electron chi connectivity index (χ2n) is 8.83. The van der Waals surface area contributed by atoms with Crippen LogP contribution in [0.4, 0.5) is 9.18 Å². The summed E-state index contributed by atoms with van der Waals surface area (Å²) >= 11 is 0. The molecule has 3 aromatic rings. The Morgan fingerprint density at radius 2 is 2.00 bits per heavy atom. The van der Waals surface area contributed by atoms with Crippen LogP contribution in [0.2, 0.25) is 0 Å². The molecule has 0 spiro atoms. The molecule has 35 heavy (non-hydrogen) atoms. The zero-order chi connectivity index (χ0) is 24.7. The van der Waals surface area contributed by atoms with Crippen LogP contribution in [0.3, 0.4) is 0 Å². The number of aliphatic imine (C=N–C) groups is 1. The number of nitrogens with zero attached hydrogens (tertiary/aromatic N) is 5. The number of carbonyl (C=O) groups excluding carboxylic acids is 1. The van der Waals surface area contributed by atoms with Crippen LogP contribution in [-0.2, 0) is 5.54 Å². The van der Waals surface area contributed by atoms with Gasteiger partial charge in [-0.3, -0.25) is 9.89 Å². The molecule has 0 saturated carbocycles. The third-order valence-corrected chi connectivity index (χ3v) is 6.52. The fourth-order valence-corrected chi connectivity index (χ4v) is 4.69. The molecule has 9 heteroatoms. The highest BCUT2D eigenvalue weighted by Gasteiger charge is 2.51. The fourth-order valence-electron chi connectivity index (χ4n) is 4.69. The van der Waals surface area contributed by atoms with E-state index in [9.17, 15) is 14.3 Å². The number of amidine groups is 1. The second kappa shape index (κ2) is 8.66. The summed E-state index contributed by atoms with van der Waals surface area (Å²) in [4.78, 5) is 25.3. The maximum absolute atomic E-state index is 13.6. The number of imidazole rings is 1. The highest BCUT2D eigenvalue weighted by molar-refractivity contribution is 6.14. The molecule has 1 saturated heterocycles. The van der Waals surface area contributed by atoms with Gasteiger partial charge in [0.15, 0.2) is 0 Å². The number of benzene rings is 2. The first-order chi connectivity index (χ1) is 16.9. The molecule has 1 unspecified atom stereocenters. The molecule has 180 valence electrons. The molecule has 0 aliphatic carbocycles. The molecule has 8 nitrogen and oxygen atoms in total. The minimum absolute atomic E-state index is 0.184. The average molecular weight is 476 g/mol. The molecule has 0 radical (unpaired) electrons. The molecule has 2 aliphatic heterocycles. The number of aromatic nitrogens is 2. The summed E-state index contributed by atoms with van der Waals surface area (Å²) in [5, 5.41) is 10.4. The van der Waals surface area contributed by atoms with E-state index < -0.39 is 5.54 Å². The summed E-state index contributed by atoms with van der Waals surface area (Å²) in [7, 11) is 3.33. The Hall–Kier alpha value is -3.98. The van der Waals surface area contributed by atoms with Crippen molar-refractivity contribution in [2.45, 2.75) is 12.5 Å². The van der Waals surface area contributed by atoms with Crippen LogP contribution >= 0.6 is 0 Å². The minimum atomic E-state index is -1.09. The number of hydrogen-bond acceptors (Lipinski definition) is 5. The number of ether oxygens (including phenoxy) is 1. The van der Waals surface area contributed by atoms with Gasteiger partial charge in [0.1, 0.15) is 22.9 Å². The lowest BCUT2D eigenvalue weighted by Gasteiger charge is -2.43. The van der Waals surface area contributed by atoms with Gasteiger partial charge in [0.2, 0.25) is 0 Å². The van der Waals surface area contributed by atoms with Gasteiger partial charge in [-0.1, -0.05) is 18.2 Å². The molecule has 0 bridgehead atoms. The third-order valence-electron chi connectivity index (χ3n) is 6.52.